The van der Waals surface area contributed by atoms with Crippen LogP contribution in [-0.2, 0) is 9.47 Å². The summed E-state index contributed by atoms with van der Waals surface area (Å²) in [6.07, 6.45) is -0.758. The molecule has 1 heterocycles. The number of nitrogens with zero attached hydrogens (tertiary/aromatic N) is 1. The number of esters is 2. The lowest BCUT2D eigenvalue weighted by atomic mass is 10.2. The number of thiazole rings is 1. The fraction of sp³-hybridized carbons (Fsp3) is 0.105. The minimum absolute atomic E-state index is 0.101. The Hall–Kier alpha value is -2.99. The van der Waals surface area contributed by atoms with Crippen molar-refractivity contribution in [3.05, 3.63) is 88.4 Å². The highest BCUT2D eigenvalue weighted by atomic mass is 32.1. The molecule has 126 valence electrons. The summed E-state index contributed by atoms with van der Waals surface area (Å²) in [5.41, 5.74) is 3.05. The lowest BCUT2D eigenvalue weighted by Crippen LogP contribution is -2.19. The zero-order valence-corrected chi connectivity index (χ0v) is 14.0. The molecule has 0 bridgehead atoms. The molecular weight excluding hydrogens is 338 g/mol. The predicted octanol–water partition coefficient (Wildman–Crippen LogP) is 3.90. The number of hydrogen-bond acceptors (Lipinski definition) is 6. The average molecular weight is 353 g/mol. The Kier molecular flexibility index (Phi) is 5.53. The van der Waals surface area contributed by atoms with Crippen LogP contribution in [0.2, 0.25) is 0 Å². The molecule has 0 aliphatic carbocycles. The molecule has 6 heteroatoms. The summed E-state index contributed by atoms with van der Waals surface area (Å²) in [7, 11) is 0. The highest BCUT2D eigenvalue weighted by Crippen LogP contribution is 2.20. The first kappa shape index (κ1) is 16.9. The van der Waals surface area contributed by atoms with Gasteiger partial charge in [0.05, 0.1) is 22.3 Å². The van der Waals surface area contributed by atoms with Gasteiger partial charge in [-0.25, -0.2) is 14.6 Å². The van der Waals surface area contributed by atoms with Crippen LogP contribution in [0.5, 0.6) is 0 Å². The van der Waals surface area contributed by atoms with Gasteiger partial charge in [0.2, 0.25) is 0 Å². The maximum Gasteiger partial charge on any atom is 0.338 e. The highest BCUT2D eigenvalue weighted by Gasteiger charge is 2.22. The normalized spacial score (nSPS) is 11.5. The number of carbonyl (C=O) groups is 2. The van der Waals surface area contributed by atoms with Crippen molar-refractivity contribution in [2.45, 2.75) is 6.10 Å². The fourth-order valence-electron chi connectivity index (χ4n) is 2.14. The van der Waals surface area contributed by atoms with E-state index in [1.54, 1.807) is 59.4 Å². The van der Waals surface area contributed by atoms with Crippen molar-refractivity contribution in [1.82, 2.24) is 4.98 Å². The molecular formula is C19H15NO4S. The number of hydrogen-bond donors (Lipinski definition) is 0. The van der Waals surface area contributed by atoms with E-state index < -0.39 is 18.0 Å². The summed E-state index contributed by atoms with van der Waals surface area (Å²) in [6, 6.07) is 17.3. The van der Waals surface area contributed by atoms with Gasteiger partial charge in [-0.2, -0.15) is 0 Å². The summed E-state index contributed by atoms with van der Waals surface area (Å²) in [6.45, 7) is -0.101. The molecule has 0 aliphatic heterocycles. The van der Waals surface area contributed by atoms with E-state index in [2.05, 4.69) is 4.98 Å². The van der Waals surface area contributed by atoms with Crippen LogP contribution in [0.25, 0.3) is 0 Å². The molecule has 0 radical (unpaired) electrons. The number of carbonyl (C=O) groups excluding carboxylic acids is 2. The van der Waals surface area contributed by atoms with Crippen LogP contribution in [0.4, 0.5) is 0 Å². The maximum absolute atomic E-state index is 12.3. The smallest absolute Gasteiger partial charge is 0.338 e. The zero-order chi connectivity index (χ0) is 17.5. The topological polar surface area (TPSA) is 65.5 Å². The van der Waals surface area contributed by atoms with E-state index in [9.17, 15) is 9.59 Å². The van der Waals surface area contributed by atoms with Crippen LogP contribution in [0.3, 0.4) is 0 Å². The van der Waals surface area contributed by atoms with Crippen molar-refractivity contribution < 1.29 is 19.1 Å². The Bertz CT molecular complexity index is 819. The summed E-state index contributed by atoms with van der Waals surface area (Å²) in [4.78, 5) is 28.5. The molecule has 1 atom stereocenters. The highest BCUT2D eigenvalue weighted by molar-refractivity contribution is 7.07. The molecule has 0 spiro atoms. The van der Waals surface area contributed by atoms with Gasteiger partial charge in [-0.3, -0.25) is 0 Å². The molecule has 3 rings (SSSR count). The average Bonchev–Trinajstić information content (AvgIpc) is 3.20. The van der Waals surface area contributed by atoms with Gasteiger partial charge in [0.25, 0.3) is 0 Å². The quantitative estimate of drug-likeness (QED) is 0.629. The van der Waals surface area contributed by atoms with Gasteiger partial charge >= 0.3 is 11.9 Å². The lowest BCUT2D eigenvalue weighted by Gasteiger charge is -2.16. The summed E-state index contributed by atoms with van der Waals surface area (Å²) in [5, 5.41) is 1.76. The monoisotopic (exact) mass is 353 g/mol. The summed E-state index contributed by atoms with van der Waals surface area (Å²) >= 11 is 1.38. The molecule has 0 fully saturated rings. The number of aromatic nitrogens is 1. The first-order chi connectivity index (χ1) is 12.2. The largest absolute Gasteiger partial charge is 0.458 e. The molecule has 0 saturated heterocycles. The zero-order valence-electron chi connectivity index (χ0n) is 13.2. The molecule has 25 heavy (non-hydrogen) atoms. The second kappa shape index (κ2) is 8.21. The van der Waals surface area contributed by atoms with Gasteiger partial charge in [-0.05, 0) is 24.3 Å². The fourth-order valence-corrected chi connectivity index (χ4v) is 2.74. The first-order valence-electron chi connectivity index (χ1n) is 7.60. The Labute approximate surface area is 148 Å². The van der Waals surface area contributed by atoms with E-state index in [0.29, 0.717) is 16.8 Å². The van der Waals surface area contributed by atoms with Crippen molar-refractivity contribution in [2.75, 3.05) is 6.61 Å². The summed E-state index contributed by atoms with van der Waals surface area (Å²) < 4.78 is 10.8. The van der Waals surface area contributed by atoms with Crippen LogP contribution < -0.4 is 0 Å². The Morgan fingerprint density at radius 2 is 1.52 bits per heavy atom. The lowest BCUT2D eigenvalue weighted by molar-refractivity contribution is -0.00232. The third-order valence-electron chi connectivity index (χ3n) is 3.42. The van der Waals surface area contributed by atoms with E-state index in [1.165, 1.54) is 11.3 Å². The molecule has 3 aromatic rings. The number of benzene rings is 2. The van der Waals surface area contributed by atoms with Gasteiger partial charge < -0.3 is 9.47 Å². The minimum atomic E-state index is -0.758. The van der Waals surface area contributed by atoms with Gasteiger partial charge in [0, 0.05) is 5.38 Å². The van der Waals surface area contributed by atoms with Crippen molar-refractivity contribution in [2.24, 2.45) is 0 Å². The third-order valence-corrected chi connectivity index (χ3v) is 4.02. The Balaban J connectivity index is 1.68. The van der Waals surface area contributed by atoms with Crippen LogP contribution in [0, 0.1) is 0 Å². The third kappa shape index (κ3) is 4.51. The van der Waals surface area contributed by atoms with Gasteiger partial charge in [-0.15, -0.1) is 11.3 Å². The number of ether oxygens (including phenoxy) is 2. The van der Waals surface area contributed by atoms with Crippen LogP contribution in [0.15, 0.2) is 71.6 Å². The number of rotatable bonds is 6. The van der Waals surface area contributed by atoms with Crippen molar-refractivity contribution in [3.63, 3.8) is 0 Å². The van der Waals surface area contributed by atoms with E-state index in [-0.39, 0.29) is 6.61 Å². The maximum atomic E-state index is 12.3. The molecule has 0 N–H and O–H groups in total. The van der Waals surface area contributed by atoms with Gasteiger partial charge in [-0.1, -0.05) is 36.4 Å². The molecule has 0 saturated carbocycles. The Morgan fingerprint density at radius 1 is 0.920 bits per heavy atom. The second-order valence-electron chi connectivity index (χ2n) is 5.14. The van der Waals surface area contributed by atoms with Crippen molar-refractivity contribution >= 4 is 23.3 Å². The van der Waals surface area contributed by atoms with E-state index in [0.717, 1.165) is 0 Å². The predicted molar refractivity (Wildman–Crippen MR) is 93.4 cm³/mol. The van der Waals surface area contributed by atoms with E-state index in [4.69, 9.17) is 9.47 Å². The summed E-state index contributed by atoms with van der Waals surface area (Å²) in [5.74, 6) is -0.967. The van der Waals surface area contributed by atoms with E-state index >= 15 is 0 Å². The van der Waals surface area contributed by atoms with Crippen molar-refractivity contribution in [3.8, 4) is 0 Å². The Morgan fingerprint density at radius 3 is 2.08 bits per heavy atom. The van der Waals surface area contributed by atoms with Crippen LogP contribution in [0.1, 0.15) is 32.5 Å². The van der Waals surface area contributed by atoms with Gasteiger partial charge in [0.15, 0.2) is 6.10 Å². The molecule has 0 amide bonds. The second-order valence-corrected chi connectivity index (χ2v) is 5.86. The first-order valence-corrected chi connectivity index (χ1v) is 8.54. The van der Waals surface area contributed by atoms with Crippen molar-refractivity contribution in [1.29, 1.82) is 0 Å². The minimum Gasteiger partial charge on any atom is -0.458 e. The molecule has 5 nitrogen and oxygen atoms in total. The van der Waals surface area contributed by atoms with Crippen LogP contribution in [-0.4, -0.2) is 23.5 Å². The molecule has 1 aromatic heterocycles. The molecule has 1 unspecified atom stereocenters. The molecule has 0 aliphatic rings. The van der Waals surface area contributed by atoms with E-state index in [1.807, 2.05) is 12.1 Å². The molecule has 2 aromatic carbocycles. The van der Waals surface area contributed by atoms with Crippen LogP contribution >= 0.6 is 11.3 Å². The standard InChI is InChI=1S/C19H15NO4S/c21-18(14-7-3-1-4-8-14)23-11-17(16-12-25-13-20-16)24-19(22)15-9-5-2-6-10-15/h1-10,12-13,17H,11H2. The van der Waals surface area contributed by atoms with Gasteiger partial charge in [0.1, 0.15) is 6.61 Å². The SMILES string of the molecule is O=C(OCC(OC(=O)c1ccccc1)c1cscn1)c1ccccc1.